The van der Waals surface area contributed by atoms with Gasteiger partial charge in [0.1, 0.15) is 5.54 Å². The van der Waals surface area contributed by atoms with Crippen LogP contribution in [0.2, 0.25) is 0 Å². The zero-order valence-electron chi connectivity index (χ0n) is 13.4. The second kappa shape index (κ2) is 7.36. The van der Waals surface area contributed by atoms with Crippen molar-refractivity contribution < 1.29 is 4.79 Å². The summed E-state index contributed by atoms with van der Waals surface area (Å²) in [4.78, 5) is 17.9. The Kier molecular flexibility index (Phi) is 5.21. The fraction of sp³-hybridized carbons (Fsp3) is 0.500. The maximum Gasteiger partial charge on any atom is 0.234 e. The Bertz CT molecular complexity index is 728. The first kappa shape index (κ1) is 17.0. The average molecular weight is 361 g/mol. The molecule has 0 aliphatic heterocycles. The van der Waals surface area contributed by atoms with Gasteiger partial charge in [-0.1, -0.05) is 37.1 Å². The third-order valence-electron chi connectivity index (χ3n) is 4.15. The monoisotopic (exact) mass is 361 g/mol. The van der Waals surface area contributed by atoms with E-state index in [1.54, 1.807) is 11.3 Å². The van der Waals surface area contributed by atoms with Gasteiger partial charge in [0.05, 0.1) is 16.2 Å². The fourth-order valence-corrected chi connectivity index (χ4v) is 4.18. The van der Waals surface area contributed by atoms with Gasteiger partial charge in [-0.2, -0.15) is 5.26 Å². The minimum atomic E-state index is -0.703. The number of aromatic amines is 1. The number of amides is 1. The number of nitrogens with zero attached hydrogens (tertiary/aromatic N) is 3. The normalized spacial score (nSPS) is 17.8. The molecule has 0 radical (unpaired) electrons. The van der Waals surface area contributed by atoms with Crippen LogP contribution in [0.4, 0.5) is 0 Å². The first-order valence-corrected chi connectivity index (χ1v) is 9.74. The lowest BCUT2D eigenvalue weighted by atomic mass is 9.83. The van der Waals surface area contributed by atoms with Gasteiger partial charge in [0.15, 0.2) is 5.82 Å². The zero-order valence-corrected chi connectivity index (χ0v) is 15.0. The standard InChI is InChI=1S/C16H19N5OS2/c1-11(14(22)19-16(10-17)7-3-2-4-8-16)24-15-18-13(20-21-15)12-6-5-9-23-12/h5-6,9,11H,2-4,7-8H2,1H3,(H,19,22)(H,18,20,21)/t11-/m1/s1. The molecule has 6 nitrogen and oxygen atoms in total. The van der Waals surface area contributed by atoms with Crippen molar-refractivity contribution in [2.24, 2.45) is 0 Å². The lowest BCUT2D eigenvalue weighted by molar-refractivity contribution is -0.121. The largest absolute Gasteiger partial charge is 0.337 e. The summed E-state index contributed by atoms with van der Waals surface area (Å²) < 4.78 is 0. The molecule has 24 heavy (non-hydrogen) atoms. The SMILES string of the molecule is C[C@@H](Sc1n[nH]c(-c2cccs2)n1)C(=O)NC1(C#N)CCCCC1. The van der Waals surface area contributed by atoms with Crippen LogP contribution in [-0.2, 0) is 4.79 Å². The number of hydrogen-bond acceptors (Lipinski definition) is 6. The van der Waals surface area contributed by atoms with E-state index in [4.69, 9.17) is 0 Å². The summed E-state index contributed by atoms with van der Waals surface area (Å²) in [6.07, 6.45) is 4.57. The Balaban J connectivity index is 1.61. The predicted octanol–water partition coefficient (Wildman–Crippen LogP) is 3.36. The third-order valence-corrected chi connectivity index (χ3v) is 5.99. The van der Waals surface area contributed by atoms with Crippen molar-refractivity contribution in [2.45, 2.75) is 55.0 Å². The highest BCUT2D eigenvalue weighted by molar-refractivity contribution is 8.00. The molecule has 0 unspecified atom stereocenters. The summed E-state index contributed by atoms with van der Waals surface area (Å²) in [5.41, 5.74) is -0.703. The summed E-state index contributed by atoms with van der Waals surface area (Å²) in [5.74, 6) is 0.576. The quantitative estimate of drug-likeness (QED) is 0.796. The van der Waals surface area contributed by atoms with E-state index in [1.807, 2.05) is 24.4 Å². The van der Waals surface area contributed by atoms with Crippen molar-refractivity contribution in [3.05, 3.63) is 17.5 Å². The molecule has 2 N–H and O–H groups in total. The van der Waals surface area contributed by atoms with E-state index in [0.29, 0.717) is 11.0 Å². The van der Waals surface area contributed by atoms with Crippen LogP contribution in [0.1, 0.15) is 39.0 Å². The van der Waals surface area contributed by atoms with Gasteiger partial charge in [0.25, 0.3) is 0 Å². The van der Waals surface area contributed by atoms with Crippen molar-refractivity contribution in [3.63, 3.8) is 0 Å². The van der Waals surface area contributed by atoms with Crippen LogP contribution in [0, 0.1) is 11.3 Å². The van der Waals surface area contributed by atoms with Crippen LogP contribution >= 0.6 is 23.1 Å². The molecule has 8 heteroatoms. The van der Waals surface area contributed by atoms with E-state index in [0.717, 1.165) is 37.0 Å². The Morgan fingerprint density at radius 2 is 2.29 bits per heavy atom. The van der Waals surface area contributed by atoms with E-state index < -0.39 is 5.54 Å². The van der Waals surface area contributed by atoms with Crippen molar-refractivity contribution in [2.75, 3.05) is 0 Å². The number of carbonyl (C=O) groups excluding carboxylic acids is 1. The van der Waals surface area contributed by atoms with Gasteiger partial charge in [-0.25, -0.2) is 4.98 Å². The van der Waals surface area contributed by atoms with E-state index in [2.05, 4.69) is 26.6 Å². The topological polar surface area (TPSA) is 94.5 Å². The molecule has 1 aliphatic rings. The van der Waals surface area contributed by atoms with Crippen LogP contribution < -0.4 is 5.32 Å². The van der Waals surface area contributed by atoms with Crippen LogP contribution in [0.15, 0.2) is 22.7 Å². The molecule has 1 amide bonds. The Morgan fingerprint density at radius 3 is 2.96 bits per heavy atom. The maximum atomic E-state index is 12.5. The number of nitrogens with one attached hydrogen (secondary N) is 2. The number of thioether (sulfide) groups is 1. The minimum Gasteiger partial charge on any atom is -0.337 e. The first-order chi connectivity index (χ1) is 11.6. The van der Waals surface area contributed by atoms with Crippen LogP contribution in [0.5, 0.6) is 0 Å². The molecular formula is C16H19N5OS2. The summed E-state index contributed by atoms with van der Waals surface area (Å²) in [5, 5.41) is 21.6. The number of aromatic nitrogens is 3. The molecule has 2 aromatic heterocycles. The molecule has 0 saturated heterocycles. The van der Waals surface area contributed by atoms with Gasteiger partial charge in [-0.05, 0) is 31.2 Å². The second-order valence-corrected chi connectivity index (χ2v) is 8.20. The van der Waals surface area contributed by atoms with Crippen LogP contribution in [-0.4, -0.2) is 31.9 Å². The molecule has 0 aromatic carbocycles. The van der Waals surface area contributed by atoms with Crippen molar-refractivity contribution in [3.8, 4) is 16.8 Å². The molecule has 1 fully saturated rings. The molecular weight excluding hydrogens is 342 g/mol. The molecule has 2 aromatic rings. The maximum absolute atomic E-state index is 12.5. The first-order valence-electron chi connectivity index (χ1n) is 7.98. The lowest BCUT2D eigenvalue weighted by Gasteiger charge is -2.32. The highest BCUT2D eigenvalue weighted by Crippen LogP contribution is 2.29. The highest BCUT2D eigenvalue weighted by atomic mass is 32.2. The van der Waals surface area contributed by atoms with Gasteiger partial charge < -0.3 is 5.32 Å². The predicted molar refractivity (Wildman–Crippen MR) is 94.6 cm³/mol. The molecule has 0 spiro atoms. The van der Waals surface area contributed by atoms with Gasteiger partial charge in [-0.15, -0.1) is 16.4 Å². The van der Waals surface area contributed by atoms with Gasteiger partial charge in [0.2, 0.25) is 11.1 Å². The summed E-state index contributed by atoms with van der Waals surface area (Å²) >= 11 is 2.88. The number of nitriles is 1. The highest BCUT2D eigenvalue weighted by Gasteiger charge is 2.35. The number of carbonyl (C=O) groups is 1. The molecule has 1 saturated carbocycles. The van der Waals surface area contributed by atoms with E-state index in [9.17, 15) is 10.1 Å². The molecule has 1 atom stereocenters. The Labute approximate surface area is 149 Å². The van der Waals surface area contributed by atoms with Crippen molar-refractivity contribution in [1.82, 2.24) is 20.5 Å². The zero-order chi connectivity index (χ0) is 17.0. The summed E-state index contributed by atoms with van der Waals surface area (Å²) in [7, 11) is 0. The minimum absolute atomic E-state index is 0.133. The van der Waals surface area contributed by atoms with Crippen molar-refractivity contribution >= 4 is 29.0 Å². The van der Waals surface area contributed by atoms with E-state index >= 15 is 0 Å². The number of thiophene rings is 1. The number of H-pyrrole nitrogens is 1. The summed E-state index contributed by atoms with van der Waals surface area (Å²) in [6, 6.07) is 6.24. The smallest absolute Gasteiger partial charge is 0.234 e. The number of rotatable bonds is 5. The number of hydrogen-bond donors (Lipinski definition) is 2. The third kappa shape index (κ3) is 3.79. The van der Waals surface area contributed by atoms with Gasteiger partial charge in [-0.3, -0.25) is 9.89 Å². The van der Waals surface area contributed by atoms with Crippen LogP contribution in [0.3, 0.4) is 0 Å². The van der Waals surface area contributed by atoms with E-state index in [-0.39, 0.29) is 11.2 Å². The Hall–Kier alpha value is -1.85. The van der Waals surface area contributed by atoms with Crippen LogP contribution in [0.25, 0.3) is 10.7 Å². The van der Waals surface area contributed by atoms with Gasteiger partial charge >= 0.3 is 0 Å². The average Bonchev–Trinajstić information content (AvgIpc) is 3.26. The van der Waals surface area contributed by atoms with Gasteiger partial charge in [0, 0.05) is 0 Å². The molecule has 1 aliphatic carbocycles. The lowest BCUT2D eigenvalue weighted by Crippen LogP contribution is -2.50. The molecule has 126 valence electrons. The molecule has 3 rings (SSSR count). The van der Waals surface area contributed by atoms with Crippen molar-refractivity contribution in [1.29, 1.82) is 5.26 Å². The molecule has 0 bridgehead atoms. The van der Waals surface area contributed by atoms with E-state index in [1.165, 1.54) is 11.8 Å². The molecule has 2 heterocycles. The second-order valence-electron chi connectivity index (χ2n) is 5.95. The Morgan fingerprint density at radius 1 is 1.50 bits per heavy atom. The fourth-order valence-electron chi connectivity index (χ4n) is 2.79. The summed E-state index contributed by atoms with van der Waals surface area (Å²) in [6.45, 7) is 1.81.